The fraction of sp³-hybridized carbons (Fsp3) is 0.0270. The van der Waals surface area contributed by atoms with E-state index in [4.69, 9.17) is 0 Å². The van der Waals surface area contributed by atoms with Crippen LogP contribution in [0.5, 0.6) is 0 Å². The van der Waals surface area contributed by atoms with Gasteiger partial charge in [-0.1, -0.05) is 90.0 Å². The van der Waals surface area contributed by atoms with Crippen molar-refractivity contribution in [1.82, 2.24) is 9.97 Å². The van der Waals surface area contributed by atoms with E-state index in [1.165, 1.54) is 32.7 Å². The van der Waals surface area contributed by atoms with Gasteiger partial charge in [0.05, 0.1) is 0 Å². The Labute approximate surface area is 248 Å². The summed E-state index contributed by atoms with van der Waals surface area (Å²) in [5, 5.41) is 5.11. The van der Waals surface area contributed by atoms with Gasteiger partial charge in [-0.3, -0.25) is 0 Å². The number of hydrogen-bond acceptors (Lipinski definition) is 2. The average Bonchev–Trinajstić information content (AvgIpc) is 3.02. The molecule has 195 valence electrons. The van der Waals surface area contributed by atoms with Crippen LogP contribution in [0.2, 0.25) is 0 Å². The minimum absolute atomic E-state index is 0. The number of aryl methyl sites for hydroxylation is 1. The first-order valence-electron chi connectivity index (χ1n) is 13.0. The third-order valence-electron chi connectivity index (χ3n) is 6.71. The van der Waals surface area contributed by atoms with Crippen molar-refractivity contribution in [3.05, 3.63) is 157 Å². The van der Waals surface area contributed by atoms with Crippen LogP contribution in [0.3, 0.4) is 0 Å². The number of pyridine rings is 2. The molecule has 40 heavy (non-hydrogen) atoms. The fourth-order valence-corrected chi connectivity index (χ4v) is 4.81. The Morgan fingerprint density at radius 2 is 1.30 bits per heavy atom. The van der Waals surface area contributed by atoms with Gasteiger partial charge in [-0.15, -0.1) is 65.7 Å². The Balaban J connectivity index is 0.000000209. The number of fused-ring (bicyclic) bond motifs is 3. The van der Waals surface area contributed by atoms with E-state index in [2.05, 4.69) is 94.9 Å². The Morgan fingerprint density at radius 1 is 0.575 bits per heavy atom. The molecule has 1 radical (unpaired) electrons. The molecule has 0 spiro atoms. The number of aromatic nitrogens is 2. The third kappa shape index (κ3) is 5.92. The molecule has 3 heteroatoms. The second-order valence-electron chi connectivity index (χ2n) is 9.34. The van der Waals surface area contributed by atoms with Gasteiger partial charge in [0.1, 0.15) is 0 Å². The van der Waals surface area contributed by atoms with Gasteiger partial charge < -0.3 is 9.97 Å². The van der Waals surface area contributed by atoms with Crippen LogP contribution >= 0.6 is 0 Å². The molecule has 0 saturated carbocycles. The van der Waals surface area contributed by atoms with Crippen LogP contribution in [-0.2, 0) is 20.1 Å². The van der Waals surface area contributed by atoms with Crippen LogP contribution in [0.15, 0.2) is 140 Å². The quantitative estimate of drug-likeness (QED) is 0.136. The topological polar surface area (TPSA) is 25.8 Å². The molecule has 0 aliphatic heterocycles. The molecule has 0 aliphatic carbocycles. The molecule has 7 aromatic rings. The van der Waals surface area contributed by atoms with Crippen LogP contribution in [0.1, 0.15) is 5.69 Å². The van der Waals surface area contributed by atoms with Gasteiger partial charge in [0, 0.05) is 32.0 Å². The fourth-order valence-electron chi connectivity index (χ4n) is 4.81. The van der Waals surface area contributed by atoms with Crippen molar-refractivity contribution < 1.29 is 20.1 Å². The van der Waals surface area contributed by atoms with E-state index in [0.717, 1.165) is 28.2 Å². The molecule has 7 rings (SSSR count). The minimum atomic E-state index is 0. The summed E-state index contributed by atoms with van der Waals surface area (Å²) in [7, 11) is 0. The predicted molar refractivity (Wildman–Crippen MR) is 162 cm³/mol. The van der Waals surface area contributed by atoms with E-state index in [1.54, 1.807) is 6.20 Å². The van der Waals surface area contributed by atoms with Gasteiger partial charge >= 0.3 is 0 Å². The number of nitrogens with zero attached hydrogens (tertiary/aromatic N) is 2. The maximum Gasteiger partial charge on any atom is 0.0266 e. The van der Waals surface area contributed by atoms with Crippen LogP contribution in [0.4, 0.5) is 0 Å². The van der Waals surface area contributed by atoms with E-state index in [-0.39, 0.29) is 20.1 Å². The molecule has 5 aromatic carbocycles. The predicted octanol–water partition coefficient (Wildman–Crippen LogP) is 9.38. The Morgan fingerprint density at radius 3 is 2.02 bits per heavy atom. The Kier molecular flexibility index (Phi) is 8.56. The summed E-state index contributed by atoms with van der Waals surface area (Å²) >= 11 is 0. The first-order valence-corrected chi connectivity index (χ1v) is 13.0. The molecule has 2 heterocycles. The van der Waals surface area contributed by atoms with Gasteiger partial charge in [0.15, 0.2) is 0 Å². The summed E-state index contributed by atoms with van der Waals surface area (Å²) in [6.07, 6.45) is 1.79. The van der Waals surface area contributed by atoms with Gasteiger partial charge in [-0.25, -0.2) is 0 Å². The van der Waals surface area contributed by atoms with E-state index in [0.29, 0.717) is 0 Å². The maximum atomic E-state index is 4.61. The smallest absolute Gasteiger partial charge is 0.0266 e. The molecule has 0 N–H and O–H groups in total. The van der Waals surface area contributed by atoms with E-state index >= 15 is 0 Å². The largest absolute Gasteiger partial charge is 0.305 e. The molecule has 0 amide bonds. The molecular formula is C37H26IrN2-2. The van der Waals surface area contributed by atoms with Crippen molar-refractivity contribution in [2.75, 3.05) is 0 Å². The molecule has 0 bridgehead atoms. The Hall–Kier alpha value is -4.43. The standard InChI is InChI=1S/C26H18N.C11H8N.Ir/c1-18-7-6-12-26(27-18)20-15-13-19(14-16-20)25-17-21-8-2-3-9-22(21)23-10-4-5-11-24(23)25;1-2-6-10(7-3-1)11-8-4-5-9-12-11;/h2-15,17H,1H3;1-6,8-9H;/q2*-1;. The minimum Gasteiger partial charge on any atom is -0.305 e. The molecule has 0 aliphatic rings. The maximum absolute atomic E-state index is 4.61. The summed E-state index contributed by atoms with van der Waals surface area (Å²) < 4.78 is 0. The zero-order chi connectivity index (χ0) is 26.4. The van der Waals surface area contributed by atoms with Crippen molar-refractivity contribution in [3.8, 4) is 33.6 Å². The monoisotopic (exact) mass is 691 g/mol. The normalized spacial score (nSPS) is 10.4. The number of hydrogen-bond donors (Lipinski definition) is 0. The van der Waals surface area contributed by atoms with Gasteiger partial charge in [0.25, 0.3) is 0 Å². The zero-order valence-corrected chi connectivity index (χ0v) is 24.4. The summed E-state index contributed by atoms with van der Waals surface area (Å²) in [6.45, 7) is 2.01. The van der Waals surface area contributed by atoms with E-state index in [1.807, 2.05) is 67.6 Å². The van der Waals surface area contributed by atoms with E-state index < -0.39 is 0 Å². The van der Waals surface area contributed by atoms with E-state index in [9.17, 15) is 0 Å². The van der Waals surface area contributed by atoms with Crippen LogP contribution < -0.4 is 0 Å². The molecule has 2 aromatic heterocycles. The zero-order valence-electron chi connectivity index (χ0n) is 22.0. The number of rotatable bonds is 3. The van der Waals surface area contributed by atoms with Crippen LogP contribution in [0, 0.1) is 19.1 Å². The SMILES string of the molecule is Cc1cccc(-c2[c-]cc(-c3cc4ccccc4c4ccccc34)cc2)n1.[Ir].[c-]1ccccc1-c1ccccn1. The average molecular weight is 691 g/mol. The Bertz CT molecular complexity index is 1810. The van der Waals surface area contributed by atoms with Gasteiger partial charge in [-0.05, 0) is 52.0 Å². The second kappa shape index (κ2) is 12.6. The molecular weight excluding hydrogens is 665 g/mol. The first kappa shape index (κ1) is 27.1. The van der Waals surface area contributed by atoms with Crippen LogP contribution in [-0.4, -0.2) is 9.97 Å². The molecule has 0 saturated heterocycles. The van der Waals surface area contributed by atoms with Crippen molar-refractivity contribution in [2.24, 2.45) is 0 Å². The molecule has 0 fully saturated rings. The van der Waals surface area contributed by atoms with Crippen molar-refractivity contribution >= 4 is 21.5 Å². The van der Waals surface area contributed by atoms with Gasteiger partial charge in [0.2, 0.25) is 0 Å². The summed E-state index contributed by atoms with van der Waals surface area (Å²) in [5.74, 6) is 0. The summed E-state index contributed by atoms with van der Waals surface area (Å²) in [5.41, 5.74) is 7.43. The van der Waals surface area contributed by atoms with Crippen molar-refractivity contribution in [1.29, 1.82) is 0 Å². The summed E-state index contributed by atoms with van der Waals surface area (Å²) in [6, 6.07) is 52.2. The third-order valence-corrected chi connectivity index (χ3v) is 6.71. The van der Waals surface area contributed by atoms with Crippen molar-refractivity contribution in [3.63, 3.8) is 0 Å². The molecule has 0 unspecified atom stereocenters. The van der Waals surface area contributed by atoms with Crippen molar-refractivity contribution in [2.45, 2.75) is 6.92 Å². The number of benzene rings is 5. The molecule has 2 nitrogen and oxygen atoms in total. The summed E-state index contributed by atoms with van der Waals surface area (Å²) in [4.78, 5) is 8.82. The second-order valence-corrected chi connectivity index (χ2v) is 9.34. The first-order chi connectivity index (χ1) is 19.3. The van der Waals surface area contributed by atoms with Gasteiger partial charge in [-0.2, -0.15) is 0 Å². The molecule has 0 atom stereocenters. The van der Waals surface area contributed by atoms with Crippen LogP contribution in [0.25, 0.3) is 55.2 Å².